The van der Waals surface area contributed by atoms with Crippen LogP contribution in [0.4, 0.5) is 0 Å². The first-order chi connectivity index (χ1) is 34.1. The Morgan fingerprint density at radius 3 is 1.22 bits per heavy atom. The van der Waals surface area contributed by atoms with Crippen LogP contribution in [0.3, 0.4) is 0 Å². The minimum Gasteiger partial charge on any atom is -0.465 e. The number of nitrogens with one attached hydrogen (secondary N) is 2. The molecule has 69 heavy (non-hydrogen) atoms. The van der Waals surface area contributed by atoms with Crippen LogP contribution in [0.5, 0.6) is 0 Å². The number of methoxy groups -OCH3 is 1. The van der Waals surface area contributed by atoms with Crippen molar-refractivity contribution in [2.24, 2.45) is 0 Å². The maximum Gasteiger partial charge on any atom is 0.319 e. The molecule has 0 fully saturated rings. The highest BCUT2D eigenvalue weighted by Gasteiger charge is 2.11. The SMILES string of the molecule is CCCCCCCC/C=C\CCCCCCCCOCC(COCCOCCOCCCCCOC(=O)CNCCOC(=O)CNCCOC)OCCCCCCCC/C=C\CCCCCCCC. The van der Waals surface area contributed by atoms with Gasteiger partial charge in [-0.15, -0.1) is 0 Å². The molecule has 1 unspecified atom stereocenters. The van der Waals surface area contributed by atoms with Gasteiger partial charge in [0.1, 0.15) is 12.7 Å². The number of allylic oxidation sites excluding steroid dienone is 4. The number of hydrogen-bond donors (Lipinski definition) is 2. The topological polar surface area (TPSA) is 132 Å². The van der Waals surface area contributed by atoms with Crippen LogP contribution in [0.1, 0.15) is 213 Å². The van der Waals surface area contributed by atoms with Crippen LogP contribution >= 0.6 is 0 Å². The van der Waals surface area contributed by atoms with E-state index in [4.69, 9.17) is 37.9 Å². The molecule has 0 aliphatic rings. The van der Waals surface area contributed by atoms with E-state index in [1.807, 2.05) is 0 Å². The van der Waals surface area contributed by atoms with E-state index in [9.17, 15) is 9.59 Å². The van der Waals surface area contributed by atoms with E-state index < -0.39 is 0 Å². The summed E-state index contributed by atoms with van der Waals surface area (Å²) in [5.74, 6) is -0.660. The van der Waals surface area contributed by atoms with E-state index >= 15 is 0 Å². The van der Waals surface area contributed by atoms with Gasteiger partial charge in [-0.3, -0.25) is 9.59 Å². The van der Waals surface area contributed by atoms with Crippen molar-refractivity contribution in [3.05, 3.63) is 24.3 Å². The predicted molar refractivity (Wildman–Crippen MR) is 285 cm³/mol. The second kappa shape index (κ2) is 60.4. The molecule has 0 spiro atoms. The fourth-order valence-electron chi connectivity index (χ4n) is 7.63. The summed E-state index contributed by atoms with van der Waals surface area (Å²) in [5.41, 5.74) is 0. The normalized spacial score (nSPS) is 12.2. The maximum atomic E-state index is 11.9. The number of esters is 2. The molecule has 0 heterocycles. The van der Waals surface area contributed by atoms with Crippen LogP contribution in [-0.4, -0.2) is 131 Å². The van der Waals surface area contributed by atoms with Crippen molar-refractivity contribution in [1.29, 1.82) is 0 Å². The van der Waals surface area contributed by atoms with Gasteiger partial charge in [0.15, 0.2) is 0 Å². The minimum atomic E-state index is -0.341. The molecule has 408 valence electrons. The molecule has 12 nitrogen and oxygen atoms in total. The Kier molecular flexibility index (Phi) is 58.7. The predicted octanol–water partition coefficient (Wildman–Crippen LogP) is 12.6. The number of carbonyl (C=O) groups excluding carboxylic acids is 2. The molecular weight excluding hydrogens is 873 g/mol. The summed E-state index contributed by atoms with van der Waals surface area (Å²) in [6.07, 6.45) is 48.6. The van der Waals surface area contributed by atoms with Crippen molar-refractivity contribution < 1.29 is 47.5 Å². The first-order valence-electron chi connectivity index (χ1n) is 28.6. The average molecular weight is 984 g/mol. The summed E-state index contributed by atoms with van der Waals surface area (Å²) in [4.78, 5) is 23.5. The molecule has 12 heteroatoms. The van der Waals surface area contributed by atoms with E-state index in [1.165, 1.54) is 167 Å². The molecular formula is C57H110N2O10. The fraction of sp³-hybridized carbons (Fsp3) is 0.895. The molecule has 0 saturated heterocycles. The van der Waals surface area contributed by atoms with E-state index in [0.717, 1.165) is 45.3 Å². The van der Waals surface area contributed by atoms with Crippen molar-refractivity contribution >= 4 is 11.9 Å². The van der Waals surface area contributed by atoms with Gasteiger partial charge in [0.05, 0.1) is 65.9 Å². The molecule has 2 N–H and O–H groups in total. The highest BCUT2D eigenvalue weighted by atomic mass is 16.6. The van der Waals surface area contributed by atoms with Gasteiger partial charge in [0.2, 0.25) is 0 Å². The van der Waals surface area contributed by atoms with Crippen LogP contribution in [-0.2, 0) is 47.5 Å². The maximum absolute atomic E-state index is 11.9. The zero-order valence-electron chi connectivity index (χ0n) is 45.2. The quantitative estimate of drug-likeness (QED) is 0.0342. The van der Waals surface area contributed by atoms with E-state index in [-0.39, 0.29) is 37.7 Å². The lowest BCUT2D eigenvalue weighted by molar-refractivity contribution is -0.142. The summed E-state index contributed by atoms with van der Waals surface area (Å²) < 4.78 is 45.1. The van der Waals surface area contributed by atoms with Crippen molar-refractivity contribution in [1.82, 2.24) is 10.6 Å². The van der Waals surface area contributed by atoms with Crippen LogP contribution in [0, 0.1) is 0 Å². The summed E-state index contributed by atoms with van der Waals surface area (Å²) >= 11 is 0. The van der Waals surface area contributed by atoms with Gasteiger partial charge >= 0.3 is 11.9 Å². The number of unbranched alkanes of at least 4 members (excludes halogenated alkanes) is 26. The number of ether oxygens (including phenoxy) is 8. The van der Waals surface area contributed by atoms with Gasteiger partial charge in [0.25, 0.3) is 0 Å². The largest absolute Gasteiger partial charge is 0.465 e. The molecule has 0 rings (SSSR count). The zero-order chi connectivity index (χ0) is 49.9. The Labute approximate surface area is 424 Å². The first-order valence-corrected chi connectivity index (χ1v) is 28.6. The van der Waals surface area contributed by atoms with Crippen molar-refractivity contribution in [2.45, 2.75) is 219 Å². The van der Waals surface area contributed by atoms with Crippen LogP contribution in [0.25, 0.3) is 0 Å². The molecule has 0 aromatic carbocycles. The highest BCUT2D eigenvalue weighted by molar-refractivity contribution is 5.72. The lowest BCUT2D eigenvalue weighted by Gasteiger charge is -2.18. The molecule has 1 atom stereocenters. The molecule has 0 aromatic heterocycles. The van der Waals surface area contributed by atoms with Crippen molar-refractivity contribution in [3.8, 4) is 0 Å². The molecule has 0 amide bonds. The minimum absolute atomic E-state index is 0.0615. The monoisotopic (exact) mass is 983 g/mol. The van der Waals surface area contributed by atoms with E-state index in [0.29, 0.717) is 72.6 Å². The summed E-state index contributed by atoms with van der Waals surface area (Å²) in [5, 5.41) is 5.85. The Bertz CT molecular complexity index is 1080. The first kappa shape index (κ1) is 67.1. The van der Waals surface area contributed by atoms with Gasteiger partial charge in [-0.25, -0.2) is 0 Å². The van der Waals surface area contributed by atoms with E-state index in [1.54, 1.807) is 7.11 Å². The van der Waals surface area contributed by atoms with Crippen LogP contribution < -0.4 is 10.6 Å². The van der Waals surface area contributed by atoms with Gasteiger partial charge in [-0.1, -0.05) is 154 Å². The van der Waals surface area contributed by atoms with Gasteiger partial charge in [0, 0.05) is 40.0 Å². The number of carbonyl (C=O) groups is 2. The zero-order valence-corrected chi connectivity index (χ0v) is 45.2. The Morgan fingerprint density at radius 1 is 0.377 bits per heavy atom. The van der Waals surface area contributed by atoms with Crippen LogP contribution in [0.15, 0.2) is 24.3 Å². The summed E-state index contributed by atoms with van der Waals surface area (Å²) in [6.45, 7) is 12.2. The number of rotatable bonds is 59. The second-order valence-corrected chi connectivity index (χ2v) is 18.6. The third kappa shape index (κ3) is 58.6. The lowest BCUT2D eigenvalue weighted by atomic mass is 10.1. The smallest absolute Gasteiger partial charge is 0.319 e. The molecule has 0 saturated carbocycles. The van der Waals surface area contributed by atoms with Crippen LogP contribution in [0.2, 0.25) is 0 Å². The molecule has 0 aromatic rings. The third-order valence-corrected chi connectivity index (χ3v) is 11.9. The highest BCUT2D eigenvalue weighted by Crippen LogP contribution is 2.13. The van der Waals surface area contributed by atoms with Gasteiger partial charge in [-0.05, 0) is 83.5 Å². The molecule has 0 radical (unpaired) electrons. The Morgan fingerprint density at radius 2 is 0.725 bits per heavy atom. The van der Waals surface area contributed by atoms with Gasteiger partial charge < -0.3 is 48.5 Å². The average Bonchev–Trinajstić information content (AvgIpc) is 3.35. The standard InChI is InChI=1S/C57H110N2O10/c1-4-6-8-10-12-14-16-18-20-22-24-26-28-30-32-35-42-65-53-55(67-43-37-33-31-29-27-25-23-21-19-17-15-13-11-9-7-5-2)54-66-50-49-64-48-47-63-41-36-34-38-44-68-56(60)51-59-40-46-69-57(61)52-58-39-45-62-3/h18-21,55,58-59H,4-17,22-54H2,1-3H3/b20-18-,21-19-. The Hall–Kier alpha value is -1.90. The summed E-state index contributed by atoms with van der Waals surface area (Å²) in [7, 11) is 1.60. The summed E-state index contributed by atoms with van der Waals surface area (Å²) in [6, 6.07) is 0. The third-order valence-electron chi connectivity index (χ3n) is 11.9. The fourth-order valence-corrected chi connectivity index (χ4v) is 7.63. The molecule has 0 bridgehead atoms. The van der Waals surface area contributed by atoms with Gasteiger partial charge in [-0.2, -0.15) is 0 Å². The van der Waals surface area contributed by atoms with E-state index in [2.05, 4.69) is 48.8 Å². The Balaban J connectivity index is 4.05. The molecule has 0 aliphatic heterocycles. The number of hydrogen-bond acceptors (Lipinski definition) is 12. The molecule has 0 aliphatic carbocycles. The second-order valence-electron chi connectivity index (χ2n) is 18.6. The van der Waals surface area contributed by atoms with Crippen molar-refractivity contribution in [2.75, 3.05) is 113 Å². The van der Waals surface area contributed by atoms with Crippen molar-refractivity contribution in [3.63, 3.8) is 0 Å². The lowest BCUT2D eigenvalue weighted by Crippen LogP contribution is -2.31.